The van der Waals surface area contributed by atoms with E-state index in [4.69, 9.17) is 16.3 Å². The number of halogens is 1. The zero-order valence-electron chi connectivity index (χ0n) is 12.5. The van der Waals surface area contributed by atoms with E-state index in [1.54, 1.807) is 13.3 Å². The van der Waals surface area contributed by atoms with E-state index in [9.17, 15) is 0 Å². The molecule has 6 heteroatoms. The highest BCUT2D eigenvalue weighted by atomic mass is 35.5. The molecule has 2 aromatic heterocycles. The summed E-state index contributed by atoms with van der Waals surface area (Å²) in [5, 5.41) is 8.41. The van der Waals surface area contributed by atoms with Crippen molar-refractivity contribution < 1.29 is 4.74 Å². The second-order valence-corrected chi connectivity index (χ2v) is 5.49. The Bertz CT molecular complexity index is 787. The predicted octanol–water partition coefficient (Wildman–Crippen LogP) is 3.49. The third-order valence-electron chi connectivity index (χ3n) is 3.47. The largest absolute Gasteiger partial charge is 0.375 e. The quantitative estimate of drug-likeness (QED) is 0.783. The molecule has 0 fully saturated rings. The zero-order valence-corrected chi connectivity index (χ0v) is 13.2. The van der Waals surface area contributed by atoms with Gasteiger partial charge in [-0.1, -0.05) is 23.7 Å². The van der Waals surface area contributed by atoms with Crippen LogP contribution >= 0.6 is 11.6 Å². The number of hydrogen-bond acceptors (Lipinski definition) is 4. The van der Waals surface area contributed by atoms with Gasteiger partial charge in [-0.2, -0.15) is 5.10 Å². The molecule has 114 valence electrons. The molecule has 1 unspecified atom stereocenters. The van der Waals surface area contributed by atoms with E-state index in [1.807, 2.05) is 48.0 Å². The lowest BCUT2D eigenvalue weighted by molar-refractivity contribution is 0.114. The predicted molar refractivity (Wildman–Crippen MR) is 87.4 cm³/mol. The molecule has 0 saturated carbocycles. The summed E-state index contributed by atoms with van der Waals surface area (Å²) in [5.74, 6) is 0.784. The molecule has 22 heavy (non-hydrogen) atoms. The number of benzene rings is 1. The van der Waals surface area contributed by atoms with Crippen LogP contribution in [0.1, 0.15) is 17.4 Å². The molecule has 2 heterocycles. The van der Waals surface area contributed by atoms with Gasteiger partial charge in [0.2, 0.25) is 0 Å². The summed E-state index contributed by atoms with van der Waals surface area (Å²) in [4.78, 5) is 4.38. The van der Waals surface area contributed by atoms with Gasteiger partial charge in [0.1, 0.15) is 5.52 Å². The van der Waals surface area contributed by atoms with Crippen LogP contribution in [0.4, 0.5) is 5.82 Å². The fourth-order valence-corrected chi connectivity index (χ4v) is 2.61. The van der Waals surface area contributed by atoms with E-state index < -0.39 is 0 Å². The molecular weight excluding hydrogens is 300 g/mol. The third-order valence-corrected chi connectivity index (χ3v) is 3.71. The van der Waals surface area contributed by atoms with Crippen molar-refractivity contribution in [3.05, 3.63) is 59.0 Å². The third kappa shape index (κ3) is 3.05. The van der Waals surface area contributed by atoms with Crippen LogP contribution in [0, 0.1) is 6.92 Å². The zero-order chi connectivity index (χ0) is 15.5. The number of aryl methyl sites for hydroxylation is 1. The lowest BCUT2D eigenvalue weighted by atomic mass is 10.1. The minimum atomic E-state index is -0.107. The van der Waals surface area contributed by atoms with Gasteiger partial charge in [0.25, 0.3) is 0 Å². The lowest BCUT2D eigenvalue weighted by Gasteiger charge is -2.17. The topological polar surface area (TPSA) is 51.5 Å². The van der Waals surface area contributed by atoms with Crippen molar-refractivity contribution >= 4 is 22.9 Å². The van der Waals surface area contributed by atoms with Gasteiger partial charge in [-0.05, 0) is 30.7 Å². The molecule has 0 aliphatic carbocycles. The van der Waals surface area contributed by atoms with E-state index >= 15 is 0 Å². The van der Waals surface area contributed by atoms with Crippen molar-refractivity contribution in [2.75, 3.05) is 19.0 Å². The van der Waals surface area contributed by atoms with Gasteiger partial charge in [0, 0.05) is 31.1 Å². The number of aromatic nitrogens is 3. The summed E-state index contributed by atoms with van der Waals surface area (Å²) in [6.07, 6.45) is 3.45. The van der Waals surface area contributed by atoms with Crippen molar-refractivity contribution in [1.29, 1.82) is 0 Å². The molecular formula is C16H17ClN4O. The Morgan fingerprint density at radius 1 is 1.36 bits per heavy atom. The van der Waals surface area contributed by atoms with E-state index in [0.29, 0.717) is 11.6 Å². The van der Waals surface area contributed by atoms with Crippen molar-refractivity contribution in [3.63, 3.8) is 0 Å². The van der Waals surface area contributed by atoms with E-state index in [2.05, 4.69) is 15.4 Å². The minimum Gasteiger partial charge on any atom is -0.375 e. The Balaban J connectivity index is 1.80. The molecule has 3 aromatic rings. The van der Waals surface area contributed by atoms with Crippen LogP contribution in [0.5, 0.6) is 0 Å². The van der Waals surface area contributed by atoms with Crippen LogP contribution in [0.25, 0.3) is 5.52 Å². The maximum Gasteiger partial charge on any atom is 0.152 e. The Morgan fingerprint density at radius 3 is 3.00 bits per heavy atom. The molecule has 0 aliphatic heterocycles. The Labute approximate surface area is 133 Å². The van der Waals surface area contributed by atoms with Gasteiger partial charge < -0.3 is 10.1 Å². The van der Waals surface area contributed by atoms with E-state index in [1.165, 1.54) is 0 Å². The highest BCUT2D eigenvalue weighted by molar-refractivity contribution is 6.30. The SMILES string of the molecule is COC(CNc1nccn2nc(C)cc12)c1cccc(Cl)c1. The number of fused-ring (bicyclic) bond motifs is 1. The van der Waals surface area contributed by atoms with Crippen LogP contribution in [-0.2, 0) is 4.74 Å². The average Bonchev–Trinajstić information content (AvgIpc) is 2.89. The molecule has 0 saturated heterocycles. The number of hydrogen-bond donors (Lipinski definition) is 1. The van der Waals surface area contributed by atoms with Gasteiger partial charge in [-0.3, -0.25) is 0 Å². The van der Waals surface area contributed by atoms with E-state index in [0.717, 1.165) is 22.6 Å². The Hall–Kier alpha value is -2.11. The number of nitrogens with one attached hydrogen (secondary N) is 1. The Morgan fingerprint density at radius 2 is 2.23 bits per heavy atom. The molecule has 0 bridgehead atoms. The second-order valence-electron chi connectivity index (χ2n) is 5.05. The highest BCUT2D eigenvalue weighted by Gasteiger charge is 2.12. The van der Waals surface area contributed by atoms with Crippen LogP contribution in [0.3, 0.4) is 0 Å². The van der Waals surface area contributed by atoms with Gasteiger partial charge in [0.15, 0.2) is 5.82 Å². The number of nitrogens with zero attached hydrogens (tertiary/aromatic N) is 3. The summed E-state index contributed by atoms with van der Waals surface area (Å²) in [6, 6.07) is 9.68. The van der Waals surface area contributed by atoms with Crippen molar-refractivity contribution in [1.82, 2.24) is 14.6 Å². The Kier molecular flexibility index (Phi) is 4.27. The lowest BCUT2D eigenvalue weighted by Crippen LogP contribution is -2.15. The summed E-state index contributed by atoms with van der Waals surface area (Å²) >= 11 is 6.04. The first-order chi connectivity index (χ1) is 10.7. The summed E-state index contributed by atoms with van der Waals surface area (Å²) in [7, 11) is 1.68. The summed E-state index contributed by atoms with van der Waals surface area (Å²) in [5.41, 5.74) is 2.93. The molecule has 0 spiro atoms. The molecule has 0 radical (unpaired) electrons. The first kappa shape index (κ1) is 14.8. The summed E-state index contributed by atoms with van der Waals surface area (Å²) in [6.45, 7) is 2.55. The molecule has 1 atom stereocenters. The van der Waals surface area contributed by atoms with Crippen molar-refractivity contribution in [2.24, 2.45) is 0 Å². The van der Waals surface area contributed by atoms with Crippen LogP contribution < -0.4 is 5.32 Å². The number of anilines is 1. The fourth-order valence-electron chi connectivity index (χ4n) is 2.41. The number of methoxy groups -OCH3 is 1. The second kappa shape index (κ2) is 6.34. The monoisotopic (exact) mass is 316 g/mol. The smallest absolute Gasteiger partial charge is 0.152 e. The molecule has 1 aromatic carbocycles. The highest BCUT2D eigenvalue weighted by Crippen LogP contribution is 2.22. The van der Waals surface area contributed by atoms with Gasteiger partial charge in [0.05, 0.1) is 11.8 Å². The van der Waals surface area contributed by atoms with Crippen molar-refractivity contribution in [3.8, 4) is 0 Å². The van der Waals surface area contributed by atoms with Gasteiger partial charge >= 0.3 is 0 Å². The molecule has 1 N–H and O–H groups in total. The molecule has 0 amide bonds. The van der Waals surface area contributed by atoms with Crippen molar-refractivity contribution in [2.45, 2.75) is 13.0 Å². The van der Waals surface area contributed by atoms with Crippen LogP contribution in [0.2, 0.25) is 5.02 Å². The van der Waals surface area contributed by atoms with E-state index in [-0.39, 0.29) is 6.10 Å². The number of rotatable bonds is 5. The maximum absolute atomic E-state index is 6.04. The van der Waals surface area contributed by atoms with Gasteiger partial charge in [-0.25, -0.2) is 9.50 Å². The first-order valence-electron chi connectivity index (χ1n) is 7.00. The summed E-state index contributed by atoms with van der Waals surface area (Å²) < 4.78 is 7.37. The maximum atomic E-state index is 6.04. The molecule has 5 nitrogen and oxygen atoms in total. The fraction of sp³-hybridized carbons (Fsp3) is 0.250. The minimum absolute atomic E-state index is 0.107. The molecule has 3 rings (SSSR count). The van der Waals surface area contributed by atoms with Crippen LogP contribution in [-0.4, -0.2) is 28.3 Å². The standard InChI is InChI=1S/C16H17ClN4O/c1-11-8-14-16(18-6-7-21(14)20-11)19-10-15(22-2)12-4-3-5-13(17)9-12/h3-9,15H,10H2,1-2H3,(H,18,19). The average molecular weight is 317 g/mol. The van der Waals surface area contributed by atoms with Gasteiger partial charge in [-0.15, -0.1) is 0 Å². The first-order valence-corrected chi connectivity index (χ1v) is 7.38. The van der Waals surface area contributed by atoms with Crippen LogP contribution in [0.15, 0.2) is 42.7 Å². The molecule has 0 aliphatic rings. The number of ether oxygens (including phenoxy) is 1. The normalized spacial score (nSPS) is 12.5.